The molecule has 0 aromatic carbocycles. The smallest absolute Gasteiger partial charge is 0.275 e. The highest BCUT2D eigenvalue weighted by Gasteiger charge is 2.15. The van der Waals surface area contributed by atoms with Gasteiger partial charge in [-0.25, -0.2) is 4.98 Å². The molecule has 1 amide bonds. The first-order valence-corrected chi connectivity index (χ1v) is 8.03. The molecular formula is C15H19N5OS. The summed E-state index contributed by atoms with van der Waals surface area (Å²) in [5.74, 6) is 0.758. The largest absolute Gasteiger partial charge is 0.354 e. The Morgan fingerprint density at radius 1 is 1.27 bits per heavy atom. The quantitative estimate of drug-likeness (QED) is 0.936. The molecule has 0 saturated carbocycles. The first-order chi connectivity index (χ1) is 10.6. The number of nitrogens with one attached hydrogen (secondary N) is 1. The summed E-state index contributed by atoms with van der Waals surface area (Å²) in [6.45, 7) is 5.98. The fourth-order valence-electron chi connectivity index (χ4n) is 2.35. The molecule has 0 aliphatic carbocycles. The lowest BCUT2D eigenvalue weighted by Crippen LogP contribution is -2.44. The molecule has 2 aromatic heterocycles. The molecule has 0 unspecified atom stereocenters. The number of hydrogen-bond donors (Lipinski definition) is 1. The van der Waals surface area contributed by atoms with Gasteiger partial charge in [-0.15, -0.1) is 0 Å². The molecule has 1 N–H and O–H groups in total. The minimum Gasteiger partial charge on any atom is -0.354 e. The van der Waals surface area contributed by atoms with Crippen LogP contribution < -0.4 is 10.2 Å². The second-order valence-corrected chi connectivity index (χ2v) is 6.48. The van der Waals surface area contributed by atoms with Crippen molar-refractivity contribution in [3.05, 3.63) is 35.0 Å². The summed E-state index contributed by atoms with van der Waals surface area (Å²) in [4.78, 5) is 22.1. The van der Waals surface area contributed by atoms with E-state index in [2.05, 4.69) is 31.5 Å². The van der Waals surface area contributed by atoms with Gasteiger partial charge in [0.05, 0.1) is 11.9 Å². The van der Waals surface area contributed by atoms with Crippen LogP contribution in [0.4, 0.5) is 11.5 Å². The number of carbonyl (C=O) groups is 1. The van der Waals surface area contributed by atoms with E-state index in [4.69, 9.17) is 0 Å². The highest BCUT2D eigenvalue weighted by molar-refractivity contribution is 7.05. The zero-order chi connectivity index (χ0) is 15.5. The predicted octanol–water partition coefficient (Wildman–Crippen LogP) is 1.85. The summed E-state index contributed by atoms with van der Waals surface area (Å²) in [7, 11) is 2.13. The van der Waals surface area contributed by atoms with Crippen molar-refractivity contribution >= 4 is 28.9 Å². The van der Waals surface area contributed by atoms with E-state index < -0.39 is 0 Å². The molecule has 1 aliphatic heterocycles. The number of pyridine rings is 1. The number of anilines is 2. The molecule has 0 spiro atoms. The van der Waals surface area contributed by atoms with Crippen LogP contribution >= 0.6 is 11.5 Å². The third-order valence-corrected chi connectivity index (χ3v) is 4.39. The van der Waals surface area contributed by atoms with Crippen molar-refractivity contribution in [1.82, 2.24) is 14.3 Å². The Balaban J connectivity index is 1.63. The van der Waals surface area contributed by atoms with Gasteiger partial charge in [0.2, 0.25) is 0 Å². The zero-order valence-corrected chi connectivity index (χ0v) is 13.6. The fraction of sp³-hybridized carbons (Fsp3) is 0.400. The highest BCUT2D eigenvalue weighted by Crippen LogP contribution is 2.17. The summed E-state index contributed by atoms with van der Waals surface area (Å²) < 4.78 is 4.11. The van der Waals surface area contributed by atoms with Gasteiger partial charge in [0, 0.05) is 31.1 Å². The van der Waals surface area contributed by atoms with E-state index in [1.54, 1.807) is 12.3 Å². The number of likely N-dealkylation sites (N-methyl/N-ethyl adjacent to an activating group) is 1. The van der Waals surface area contributed by atoms with E-state index in [1.807, 2.05) is 19.1 Å². The van der Waals surface area contributed by atoms with Crippen LogP contribution in [0, 0.1) is 6.92 Å². The number of aromatic nitrogens is 2. The third kappa shape index (κ3) is 3.42. The van der Waals surface area contributed by atoms with Gasteiger partial charge in [0.25, 0.3) is 5.91 Å². The predicted molar refractivity (Wildman–Crippen MR) is 88.8 cm³/mol. The van der Waals surface area contributed by atoms with Crippen LogP contribution in [0.25, 0.3) is 0 Å². The van der Waals surface area contributed by atoms with Crippen molar-refractivity contribution in [2.24, 2.45) is 0 Å². The van der Waals surface area contributed by atoms with Gasteiger partial charge in [-0.2, -0.15) is 4.37 Å². The molecule has 0 bridgehead atoms. The second-order valence-electron chi connectivity index (χ2n) is 5.47. The molecule has 0 radical (unpaired) electrons. The number of rotatable bonds is 3. The summed E-state index contributed by atoms with van der Waals surface area (Å²) >= 11 is 1.33. The number of nitrogens with zero attached hydrogens (tertiary/aromatic N) is 4. The van der Waals surface area contributed by atoms with E-state index in [0.717, 1.165) is 36.9 Å². The van der Waals surface area contributed by atoms with Crippen molar-refractivity contribution in [2.75, 3.05) is 43.4 Å². The first-order valence-electron chi connectivity index (χ1n) is 7.26. The van der Waals surface area contributed by atoms with Crippen LogP contribution in [0.15, 0.2) is 24.4 Å². The topological polar surface area (TPSA) is 61.4 Å². The van der Waals surface area contributed by atoms with Gasteiger partial charge >= 0.3 is 0 Å². The maximum Gasteiger partial charge on any atom is 0.275 e. The minimum absolute atomic E-state index is 0.196. The average Bonchev–Trinajstić information content (AvgIpc) is 2.96. The molecular weight excluding hydrogens is 298 g/mol. The Bertz CT molecular complexity index is 646. The maximum absolute atomic E-state index is 12.0. The molecule has 3 heterocycles. The lowest BCUT2D eigenvalue weighted by molar-refractivity contribution is 0.102. The molecule has 3 rings (SSSR count). The van der Waals surface area contributed by atoms with Gasteiger partial charge in [0.15, 0.2) is 0 Å². The molecule has 2 aromatic rings. The molecule has 0 atom stereocenters. The Kier molecular flexibility index (Phi) is 4.35. The lowest BCUT2D eigenvalue weighted by Gasteiger charge is -2.33. The molecule has 22 heavy (non-hydrogen) atoms. The first kappa shape index (κ1) is 14.9. The summed E-state index contributed by atoms with van der Waals surface area (Å²) in [5.41, 5.74) is 1.14. The van der Waals surface area contributed by atoms with Crippen molar-refractivity contribution in [3.63, 3.8) is 0 Å². The van der Waals surface area contributed by atoms with Crippen molar-refractivity contribution in [3.8, 4) is 0 Å². The van der Waals surface area contributed by atoms with Crippen molar-refractivity contribution in [1.29, 1.82) is 0 Å². The van der Waals surface area contributed by atoms with Gasteiger partial charge < -0.3 is 15.1 Å². The van der Waals surface area contributed by atoms with Crippen LogP contribution in [0.2, 0.25) is 0 Å². The van der Waals surface area contributed by atoms with Gasteiger partial charge in [-0.1, -0.05) is 0 Å². The molecule has 116 valence electrons. The number of carbonyl (C=O) groups excluding carboxylic acids is 1. The molecule has 1 fully saturated rings. The Morgan fingerprint density at radius 2 is 2.05 bits per heavy atom. The molecule has 1 saturated heterocycles. The molecule has 7 heteroatoms. The summed E-state index contributed by atoms with van der Waals surface area (Å²) in [5, 5.41) is 2.82. The zero-order valence-electron chi connectivity index (χ0n) is 12.7. The van der Waals surface area contributed by atoms with Crippen molar-refractivity contribution in [2.45, 2.75) is 6.92 Å². The number of aryl methyl sites for hydroxylation is 1. The monoisotopic (exact) mass is 317 g/mol. The Hall–Kier alpha value is -1.99. The fourth-order valence-corrected chi connectivity index (χ4v) is 2.89. The van der Waals surface area contributed by atoms with Crippen LogP contribution in [0.5, 0.6) is 0 Å². The van der Waals surface area contributed by atoms with E-state index in [0.29, 0.717) is 11.4 Å². The number of amides is 1. The van der Waals surface area contributed by atoms with Gasteiger partial charge in [-0.3, -0.25) is 4.79 Å². The Labute approximate surface area is 133 Å². The van der Waals surface area contributed by atoms with E-state index in [1.165, 1.54) is 11.5 Å². The normalized spacial score (nSPS) is 15.8. The molecule has 6 nitrogen and oxygen atoms in total. The number of hydrogen-bond acceptors (Lipinski definition) is 6. The standard InChI is InChI=1S/C15H19N5OS/c1-11-9-13(18-22-11)15(21)17-12-3-4-14(16-10-12)20-7-5-19(2)6-8-20/h3-4,9-10H,5-8H2,1-2H3,(H,17,21). The minimum atomic E-state index is -0.196. The maximum atomic E-state index is 12.0. The van der Waals surface area contributed by atoms with Crippen LogP contribution in [-0.2, 0) is 0 Å². The van der Waals surface area contributed by atoms with Gasteiger partial charge in [0.1, 0.15) is 11.5 Å². The number of piperazine rings is 1. The van der Waals surface area contributed by atoms with E-state index in [-0.39, 0.29) is 5.91 Å². The summed E-state index contributed by atoms with van der Waals surface area (Å²) in [6, 6.07) is 5.62. The van der Waals surface area contributed by atoms with Crippen LogP contribution in [-0.4, -0.2) is 53.4 Å². The highest BCUT2D eigenvalue weighted by atomic mass is 32.1. The van der Waals surface area contributed by atoms with Crippen molar-refractivity contribution < 1.29 is 4.79 Å². The van der Waals surface area contributed by atoms with Crippen LogP contribution in [0.1, 0.15) is 15.4 Å². The summed E-state index contributed by atoms with van der Waals surface area (Å²) in [6.07, 6.45) is 1.70. The SMILES string of the molecule is Cc1cc(C(=O)Nc2ccc(N3CCN(C)CC3)nc2)ns1. The third-order valence-electron chi connectivity index (χ3n) is 3.69. The Morgan fingerprint density at radius 3 is 2.64 bits per heavy atom. The van der Waals surface area contributed by atoms with Crippen LogP contribution in [0.3, 0.4) is 0 Å². The average molecular weight is 317 g/mol. The van der Waals surface area contributed by atoms with Gasteiger partial charge in [-0.05, 0) is 43.7 Å². The molecule has 1 aliphatic rings. The van der Waals surface area contributed by atoms with E-state index >= 15 is 0 Å². The lowest BCUT2D eigenvalue weighted by atomic mass is 10.3. The van der Waals surface area contributed by atoms with E-state index in [9.17, 15) is 4.79 Å². The second kappa shape index (κ2) is 6.41.